The molecule has 0 saturated heterocycles. The monoisotopic (exact) mass is 196 g/mol. The van der Waals surface area contributed by atoms with Crippen molar-refractivity contribution >= 4 is 7.82 Å². The first-order valence-electron chi connectivity index (χ1n) is 4.07. The van der Waals surface area contributed by atoms with E-state index in [1.54, 1.807) is 20.8 Å². The van der Waals surface area contributed by atoms with Gasteiger partial charge in [0.05, 0.1) is 12.2 Å². The minimum Gasteiger partial charge on any atom is -0.302 e. The lowest BCUT2D eigenvalue weighted by atomic mass is 10.3. The van der Waals surface area contributed by atoms with Crippen molar-refractivity contribution in [1.82, 2.24) is 0 Å². The third-order valence-electron chi connectivity index (χ3n) is 1.23. The maximum Gasteiger partial charge on any atom is 0.472 e. The van der Waals surface area contributed by atoms with Crippen LogP contribution in [0.2, 0.25) is 0 Å². The summed E-state index contributed by atoms with van der Waals surface area (Å²) in [4.78, 5) is 9.10. The molecule has 0 rings (SSSR count). The van der Waals surface area contributed by atoms with Crippen LogP contribution in [0.25, 0.3) is 0 Å². The fourth-order valence-electron chi connectivity index (χ4n) is 0.593. The number of hydrogen-bond donors (Lipinski definition) is 1. The minimum atomic E-state index is -3.82. The second-order valence-electron chi connectivity index (χ2n) is 2.95. The molecule has 0 amide bonds. The minimum absolute atomic E-state index is 0.250. The molecule has 0 fully saturated rings. The smallest absolute Gasteiger partial charge is 0.302 e. The van der Waals surface area contributed by atoms with Crippen molar-refractivity contribution in [2.75, 3.05) is 0 Å². The first-order chi connectivity index (χ1) is 5.37. The SMILES string of the molecule is CCC(C)OP(=O)(O)OC(C)C. The molecule has 0 bridgehead atoms. The van der Waals surface area contributed by atoms with Crippen LogP contribution < -0.4 is 0 Å². The Kier molecular flexibility index (Phi) is 5.02. The van der Waals surface area contributed by atoms with Crippen molar-refractivity contribution in [3.8, 4) is 0 Å². The van der Waals surface area contributed by atoms with E-state index >= 15 is 0 Å². The highest BCUT2D eigenvalue weighted by molar-refractivity contribution is 7.47. The van der Waals surface area contributed by atoms with Crippen LogP contribution in [-0.2, 0) is 13.6 Å². The summed E-state index contributed by atoms with van der Waals surface area (Å²) < 4.78 is 20.6. The molecule has 0 radical (unpaired) electrons. The fraction of sp³-hybridized carbons (Fsp3) is 1.00. The predicted molar refractivity (Wildman–Crippen MR) is 46.9 cm³/mol. The van der Waals surface area contributed by atoms with E-state index in [1.807, 2.05) is 6.92 Å². The Bertz CT molecular complexity index is 169. The van der Waals surface area contributed by atoms with Gasteiger partial charge in [-0.3, -0.25) is 9.05 Å². The maximum absolute atomic E-state index is 11.1. The molecule has 4 nitrogen and oxygen atoms in total. The third-order valence-corrected chi connectivity index (χ3v) is 2.55. The highest BCUT2D eigenvalue weighted by atomic mass is 31.2. The van der Waals surface area contributed by atoms with Crippen molar-refractivity contribution in [3.05, 3.63) is 0 Å². The summed E-state index contributed by atoms with van der Waals surface area (Å²) in [6.07, 6.45) is 0.135. The standard InChI is InChI=1S/C7H17O4P/c1-5-7(4)11-12(8,9)10-6(2)3/h6-7H,5H2,1-4H3,(H,8,9). The van der Waals surface area contributed by atoms with Gasteiger partial charge in [0.1, 0.15) is 0 Å². The van der Waals surface area contributed by atoms with Crippen LogP contribution >= 0.6 is 7.82 Å². The van der Waals surface area contributed by atoms with Crippen molar-refractivity contribution in [2.24, 2.45) is 0 Å². The molecular weight excluding hydrogens is 179 g/mol. The van der Waals surface area contributed by atoms with E-state index in [2.05, 4.69) is 0 Å². The summed E-state index contributed by atoms with van der Waals surface area (Å²) in [5.41, 5.74) is 0. The second-order valence-corrected chi connectivity index (χ2v) is 4.31. The normalized spacial score (nSPS) is 19.2. The molecule has 74 valence electrons. The van der Waals surface area contributed by atoms with E-state index in [-0.39, 0.29) is 12.2 Å². The summed E-state index contributed by atoms with van der Waals surface area (Å²) in [5, 5.41) is 0. The summed E-state index contributed by atoms with van der Waals surface area (Å²) >= 11 is 0. The van der Waals surface area contributed by atoms with E-state index < -0.39 is 7.82 Å². The zero-order chi connectivity index (χ0) is 9.78. The summed E-state index contributed by atoms with van der Waals surface area (Å²) in [6.45, 7) is 6.97. The Balaban J connectivity index is 3.95. The van der Waals surface area contributed by atoms with E-state index in [9.17, 15) is 4.57 Å². The van der Waals surface area contributed by atoms with Crippen molar-refractivity contribution in [1.29, 1.82) is 0 Å². The first kappa shape index (κ1) is 12.1. The molecule has 12 heavy (non-hydrogen) atoms. The van der Waals surface area contributed by atoms with Gasteiger partial charge in [0.2, 0.25) is 0 Å². The molecule has 2 unspecified atom stereocenters. The molecule has 0 heterocycles. The van der Waals surface area contributed by atoms with Crippen molar-refractivity contribution in [3.63, 3.8) is 0 Å². The molecule has 0 spiro atoms. The van der Waals surface area contributed by atoms with E-state index in [1.165, 1.54) is 0 Å². The Morgan fingerprint density at radius 3 is 2.17 bits per heavy atom. The third kappa shape index (κ3) is 5.72. The number of hydrogen-bond acceptors (Lipinski definition) is 3. The first-order valence-corrected chi connectivity index (χ1v) is 5.56. The highest BCUT2D eigenvalue weighted by Crippen LogP contribution is 2.45. The molecular formula is C7H17O4P. The molecule has 0 aliphatic heterocycles. The molecule has 0 aliphatic rings. The van der Waals surface area contributed by atoms with Crippen LogP contribution in [0.3, 0.4) is 0 Å². The van der Waals surface area contributed by atoms with Crippen LogP contribution in [0.1, 0.15) is 34.1 Å². The van der Waals surface area contributed by atoms with Crippen LogP contribution in [0.4, 0.5) is 0 Å². The van der Waals surface area contributed by atoms with Gasteiger partial charge in [0, 0.05) is 0 Å². The highest BCUT2D eigenvalue weighted by Gasteiger charge is 2.24. The number of phosphoric acid groups is 1. The Morgan fingerprint density at radius 1 is 1.33 bits per heavy atom. The van der Waals surface area contributed by atoms with E-state index in [0.717, 1.165) is 0 Å². The van der Waals surface area contributed by atoms with Gasteiger partial charge in [-0.25, -0.2) is 4.57 Å². The number of rotatable bonds is 5. The van der Waals surface area contributed by atoms with Gasteiger partial charge in [-0.05, 0) is 27.2 Å². The predicted octanol–water partition coefficient (Wildman–Crippen LogP) is 2.33. The quantitative estimate of drug-likeness (QED) is 0.685. The van der Waals surface area contributed by atoms with Crippen LogP contribution in [0.5, 0.6) is 0 Å². The van der Waals surface area contributed by atoms with Crippen LogP contribution in [0, 0.1) is 0 Å². The summed E-state index contributed by atoms with van der Waals surface area (Å²) in [5.74, 6) is 0. The molecule has 0 aromatic heterocycles. The molecule has 5 heteroatoms. The van der Waals surface area contributed by atoms with Gasteiger partial charge in [-0.15, -0.1) is 0 Å². The van der Waals surface area contributed by atoms with Crippen molar-refractivity contribution < 1.29 is 18.5 Å². The lowest BCUT2D eigenvalue weighted by molar-refractivity contribution is 0.0906. The number of phosphoric ester groups is 1. The fourth-order valence-corrected chi connectivity index (χ4v) is 1.78. The van der Waals surface area contributed by atoms with Gasteiger partial charge < -0.3 is 4.89 Å². The molecule has 0 saturated carbocycles. The summed E-state index contributed by atoms with van der Waals surface area (Å²) in [7, 11) is -3.82. The van der Waals surface area contributed by atoms with Gasteiger partial charge >= 0.3 is 7.82 Å². The summed E-state index contributed by atoms with van der Waals surface area (Å²) in [6, 6.07) is 0. The topological polar surface area (TPSA) is 55.8 Å². The average Bonchev–Trinajstić information content (AvgIpc) is 1.83. The second kappa shape index (κ2) is 4.97. The van der Waals surface area contributed by atoms with Gasteiger partial charge in [0.15, 0.2) is 0 Å². The van der Waals surface area contributed by atoms with Gasteiger partial charge in [-0.1, -0.05) is 6.92 Å². The van der Waals surface area contributed by atoms with Crippen LogP contribution in [0.15, 0.2) is 0 Å². The van der Waals surface area contributed by atoms with E-state index in [4.69, 9.17) is 13.9 Å². The largest absolute Gasteiger partial charge is 0.472 e. The average molecular weight is 196 g/mol. The Morgan fingerprint density at radius 2 is 1.83 bits per heavy atom. The van der Waals surface area contributed by atoms with Gasteiger partial charge in [-0.2, -0.15) is 0 Å². The molecule has 0 aliphatic carbocycles. The molecule has 0 aromatic carbocycles. The zero-order valence-electron chi connectivity index (χ0n) is 7.98. The van der Waals surface area contributed by atoms with Gasteiger partial charge in [0.25, 0.3) is 0 Å². The van der Waals surface area contributed by atoms with Crippen LogP contribution in [-0.4, -0.2) is 17.1 Å². The maximum atomic E-state index is 11.1. The Labute approximate surface area is 73.5 Å². The molecule has 2 atom stereocenters. The van der Waals surface area contributed by atoms with Crippen molar-refractivity contribution in [2.45, 2.75) is 46.3 Å². The zero-order valence-corrected chi connectivity index (χ0v) is 8.88. The van der Waals surface area contributed by atoms with E-state index in [0.29, 0.717) is 6.42 Å². The molecule has 0 aromatic rings. The lowest BCUT2D eigenvalue weighted by Crippen LogP contribution is -2.09. The molecule has 1 N–H and O–H groups in total. The Hall–Kier alpha value is 0.110. The lowest BCUT2D eigenvalue weighted by Gasteiger charge is -2.17.